The predicted molar refractivity (Wildman–Crippen MR) is 68.7 cm³/mol. The quantitative estimate of drug-likeness (QED) is 0.806. The van der Waals surface area contributed by atoms with Crippen LogP contribution in [0.1, 0.15) is 12.8 Å². The lowest BCUT2D eigenvalue weighted by atomic mass is 10.4. The summed E-state index contributed by atoms with van der Waals surface area (Å²) in [6.07, 6.45) is 3.18. The summed E-state index contributed by atoms with van der Waals surface area (Å²) in [5.41, 5.74) is 0. The molecule has 2 rings (SSSR count). The molecule has 112 valence electrons. The zero-order chi connectivity index (χ0) is 14.6. The molecule has 9 heteroatoms. The number of aryl methyl sites for hydroxylation is 1. The van der Waals surface area contributed by atoms with Crippen LogP contribution in [0.3, 0.4) is 0 Å². The van der Waals surface area contributed by atoms with Crippen molar-refractivity contribution >= 4 is 16.0 Å². The van der Waals surface area contributed by atoms with Crippen LogP contribution in [0.2, 0.25) is 0 Å². The lowest BCUT2D eigenvalue weighted by Gasteiger charge is -2.17. The van der Waals surface area contributed by atoms with E-state index in [9.17, 15) is 13.2 Å². The average Bonchev–Trinajstić information content (AvgIpc) is 2.70. The van der Waals surface area contributed by atoms with E-state index in [1.165, 1.54) is 21.4 Å². The van der Waals surface area contributed by atoms with Gasteiger partial charge in [-0.25, -0.2) is 8.42 Å². The molecular weight excluding hydrogens is 286 g/mol. The first-order chi connectivity index (χ1) is 9.50. The number of aliphatic carboxylic acids is 1. The highest BCUT2D eigenvalue weighted by Crippen LogP contribution is 2.16. The summed E-state index contributed by atoms with van der Waals surface area (Å²) in [5, 5.41) is 12.5. The Balaban J connectivity index is 2.10. The van der Waals surface area contributed by atoms with E-state index in [2.05, 4.69) is 5.10 Å². The number of hydrogen-bond acceptors (Lipinski definition) is 5. The van der Waals surface area contributed by atoms with E-state index in [1.807, 2.05) is 0 Å². The van der Waals surface area contributed by atoms with Crippen molar-refractivity contribution in [2.45, 2.75) is 24.3 Å². The topological polar surface area (TPSA) is 102 Å². The van der Waals surface area contributed by atoms with Crippen LogP contribution in [0.15, 0.2) is 17.3 Å². The maximum Gasteiger partial charge on any atom is 0.305 e. The average molecular weight is 303 g/mol. The van der Waals surface area contributed by atoms with Gasteiger partial charge in [0.15, 0.2) is 0 Å². The number of carboxylic acids is 1. The van der Waals surface area contributed by atoms with E-state index in [-0.39, 0.29) is 17.9 Å². The minimum absolute atomic E-state index is 0.0878. The molecule has 0 amide bonds. The number of nitrogens with zero attached hydrogens (tertiary/aromatic N) is 3. The van der Waals surface area contributed by atoms with Crippen LogP contribution in [0, 0.1) is 0 Å². The summed E-state index contributed by atoms with van der Waals surface area (Å²) in [4.78, 5) is 10.6. The first-order valence-electron chi connectivity index (χ1n) is 6.32. The van der Waals surface area contributed by atoms with Gasteiger partial charge in [-0.15, -0.1) is 0 Å². The van der Waals surface area contributed by atoms with Crippen LogP contribution >= 0.6 is 0 Å². The van der Waals surface area contributed by atoms with Crippen molar-refractivity contribution in [3.05, 3.63) is 12.4 Å². The molecule has 0 aromatic carbocycles. The molecule has 1 N–H and O–H groups in total. The maximum absolute atomic E-state index is 12.4. The van der Waals surface area contributed by atoms with Crippen LogP contribution < -0.4 is 0 Å². The number of carbonyl (C=O) groups is 1. The first-order valence-corrected chi connectivity index (χ1v) is 7.76. The molecule has 0 radical (unpaired) electrons. The highest BCUT2D eigenvalue weighted by Gasteiger charge is 2.26. The Morgan fingerprint density at radius 3 is 2.95 bits per heavy atom. The molecule has 1 aliphatic heterocycles. The van der Waals surface area contributed by atoms with Crippen molar-refractivity contribution in [3.8, 4) is 0 Å². The van der Waals surface area contributed by atoms with Crippen molar-refractivity contribution in [2.24, 2.45) is 0 Å². The molecule has 1 aromatic heterocycles. The summed E-state index contributed by atoms with van der Waals surface area (Å²) in [6, 6.07) is 0. The smallest absolute Gasteiger partial charge is 0.305 e. The molecule has 0 spiro atoms. The third-order valence-electron chi connectivity index (χ3n) is 2.98. The molecule has 1 aliphatic rings. The molecule has 2 heterocycles. The van der Waals surface area contributed by atoms with Gasteiger partial charge in [0.1, 0.15) is 4.90 Å². The van der Waals surface area contributed by atoms with E-state index in [0.29, 0.717) is 32.7 Å². The van der Waals surface area contributed by atoms with Crippen LogP contribution in [0.4, 0.5) is 0 Å². The van der Waals surface area contributed by atoms with Gasteiger partial charge >= 0.3 is 5.97 Å². The fourth-order valence-electron chi connectivity index (χ4n) is 1.92. The molecule has 0 atom stereocenters. The van der Waals surface area contributed by atoms with E-state index >= 15 is 0 Å². The number of sulfonamides is 1. The Bertz CT molecular complexity index is 560. The predicted octanol–water partition coefficient (Wildman–Crippen LogP) is -0.231. The Labute approximate surface area is 117 Å². The van der Waals surface area contributed by atoms with Crippen molar-refractivity contribution in [2.75, 3.05) is 26.3 Å². The first kappa shape index (κ1) is 14.9. The summed E-state index contributed by atoms with van der Waals surface area (Å²) >= 11 is 0. The minimum Gasteiger partial charge on any atom is -0.481 e. The fourth-order valence-corrected chi connectivity index (χ4v) is 3.34. The minimum atomic E-state index is -3.58. The van der Waals surface area contributed by atoms with Gasteiger partial charge in [-0.2, -0.15) is 9.40 Å². The van der Waals surface area contributed by atoms with Gasteiger partial charge in [0, 0.05) is 25.9 Å². The monoisotopic (exact) mass is 303 g/mol. The van der Waals surface area contributed by atoms with Gasteiger partial charge < -0.3 is 9.84 Å². The lowest BCUT2D eigenvalue weighted by molar-refractivity contribution is -0.137. The SMILES string of the molecule is O=C(O)CCn1cc(S(=O)(=O)N2CCCOCC2)cn1. The number of ether oxygens (including phenoxy) is 1. The third-order valence-corrected chi connectivity index (χ3v) is 4.83. The molecule has 0 unspecified atom stereocenters. The summed E-state index contributed by atoms with van der Waals surface area (Å²) in [5.74, 6) is -0.949. The van der Waals surface area contributed by atoms with Crippen LogP contribution in [0.5, 0.6) is 0 Å². The van der Waals surface area contributed by atoms with E-state index < -0.39 is 16.0 Å². The van der Waals surface area contributed by atoms with Gasteiger partial charge in [0.2, 0.25) is 10.0 Å². The van der Waals surface area contributed by atoms with Crippen molar-refractivity contribution in [3.63, 3.8) is 0 Å². The Morgan fingerprint density at radius 2 is 2.20 bits per heavy atom. The standard InChI is InChI=1S/C11H17N3O5S/c15-11(16)2-4-13-9-10(8-12-13)20(17,18)14-3-1-6-19-7-5-14/h8-9H,1-7H2,(H,15,16). The molecular formula is C11H17N3O5S. The van der Waals surface area contributed by atoms with Gasteiger partial charge in [0.25, 0.3) is 0 Å². The van der Waals surface area contributed by atoms with Gasteiger partial charge in [-0.05, 0) is 6.42 Å². The van der Waals surface area contributed by atoms with E-state index in [1.54, 1.807) is 0 Å². The second kappa shape index (κ2) is 6.33. The fraction of sp³-hybridized carbons (Fsp3) is 0.636. The maximum atomic E-state index is 12.4. The molecule has 1 saturated heterocycles. The zero-order valence-electron chi connectivity index (χ0n) is 10.9. The molecule has 0 bridgehead atoms. The molecule has 1 fully saturated rings. The van der Waals surface area contributed by atoms with Crippen molar-refractivity contribution in [1.82, 2.24) is 14.1 Å². The number of rotatable bonds is 5. The highest BCUT2D eigenvalue weighted by atomic mass is 32.2. The van der Waals surface area contributed by atoms with Crippen molar-refractivity contribution < 1.29 is 23.1 Å². The lowest BCUT2D eigenvalue weighted by Crippen LogP contribution is -2.33. The molecule has 0 aliphatic carbocycles. The molecule has 1 aromatic rings. The summed E-state index contributed by atoms with van der Waals surface area (Å²) < 4.78 is 32.7. The van der Waals surface area contributed by atoms with Crippen LogP contribution in [-0.2, 0) is 26.1 Å². The Kier molecular flexibility index (Phi) is 4.73. The zero-order valence-corrected chi connectivity index (χ0v) is 11.8. The third kappa shape index (κ3) is 3.56. The normalized spacial score (nSPS) is 17.8. The highest BCUT2D eigenvalue weighted by molar-refractivity contribution is 7.89. The summed E-state index contributed by atoms with van der Waals surface area (Å²) in [6.45, 7) is 1.83. The molecule has 8 nitrogen and oxygen atoms in total. The second-order valence-corrected chi connectivity index (χ2v) is 6.39. The van der Waals surface area contributed by atoms with Crippen LogP contribution in [-0.4, -0.2) is 59.9 Å². The van der Waals surface area contributed by atoms with Crippen molar-refractivity contribution in [1.29, 1.82) is 0 Å². The Morgan fingerprint density at radius 1 is 1.40 bits per heavy atom. The molecule has 20 heavy (non-hydrogen) atoms. The molecule has 0 saturated carbocycles. The van der Waals surface area contributed by atoms with E-state index in [0.717, 1.165) is 0 Å². The van der Waals surface area contributed by atoms with Gasteiger partial charge in [0.05, 0.1) is 25.8 Å². The summed E-state index contributed by atoms with van der Waals surface area (Å²) in [7, 11) is -3.58. The van der Waals surface area contributed by atoms with Gasteiger partial charge in [-0.3, -0.25) is 9.48 Å². The Hall–Kier alpha value is -1.45. The second-order valence-electron chi connectivity index (χ2n) is 4.45. The number of carboxylic acid groups (broad SMARTS) is 1. The van der Waals surface area contributed by atoms with E-state index in [4.69, 9.17) is 9.84 Å². The number of aromatic nitrogens is 2. The van der Waals surface area contributed by atoms with Crippen LogP contribution in [0.25, 0.3) is 0 Å². The largest absolute Gasteiger partial charge is 0.481 e. The number of hydrogen-bond donors (Lipinski definition) is 1. The van der Waals surface area contributed by atoms with Gasteiger partial charge in [-0.1, -0.05) is 0 Å².